The zero-order chi connectivity index (χ0) is 15.8. The van der Waals surface area contributed by atoms with Crippen molar-refractivity contribution in [1.82, 2.24) is 15.0 Å². The molecule has 1 aromatic heterocycles. The Morgan fingerprint density at radius 1 is 1.14 bits per heavy atom. The highest BCUT2D eigenvalue weighted by molar-refractivity contribution is 5.44. The van der Waals surface area contributed by atoms with Gasteiger partial charge in [0.2, 0.25) is 0 Å². The molecule has 1 heterocycles. The van der Waals surface area contributed by atoms with Crippen LogP contribution in [0.25, 0.3) is 5.69 Å². The summed E-state index contributed by atoms with van der Waals surface area (Å²) in [6, 6.07) is 5.18. The van der Waals surface area contributed by atoms with Crippen molar-refractivity contribution in [2.24, 2.45) is 0 Å². The molecule has 0 unspecified atom stereocenters. The van der Waals surface area contributed by atoms with Crippen molar-refractivity contribution in [3.8, 4) is 5.69 Å². The first-order valence-electron chi connectivity index (χ1n) is 6.38. The van der Waals surface area contributed by atoms with E-state index in [1.165, 1.54) is 18.2 Å². The van der Waals surface area contributed by atoms with Gasteiger partial charge in [0, 0.05) is 5.41 Å². The van der Waals surface area contributed by atoms with Crippen LogP contribution in [0.5, 0.6) is 0 Å². The SMILES string of the molecule is CC(C)(C)c1c(CO)nnn1-c1ccccc1C(F)(F)F. The van der Waals surface area contributed by atoms with E-state index in [1.54, 1.807) is 0 Å². The standard InChI is InChI=1S/C14H16F3N3O/c1-13(2,3)12-10(8-21)18-19-20(12)11-7-5-4-6-9(11)14(15,16)17/h4-7,21H,8H2,1-3H3. The van der Waals surface area contributed by atoms with Crippen LogP contribution in [-0.4, -0.2) is 20.1 Å². The molecular weight excluding hydrogens is 283 g/mol. The molecule has 0 amide bonds. The lowest BCUT2D eigenvalue weighted by atomic mass is 9.90. The Kier molecular flexibility index (Phi) is 3.79. The minimum Gasteiger partial charge on any atom is -0.390 e. The number of aliphatic hydroxyl groups excluding tert-OH is 1. The van der Waals surface area contributed by atoms with E-state index in [0.717, 1.165) is 10.7 Å². The second kappa shape index (κ2) is 5.14. The lowest BCUT2D eigenvalue weighted by Crippen LogP contribution is -2.21. The number of hydrogen-bond donors (Lipinski definition) is 1. The summed E-state index contributed by atoms with van der Waals surface area (Å²) >= 11 is 0. The van der Waals surface area contributed by atoms with Crippen LogP contribution < -0.4 is 0 Å². The van der Waals surface area contributed by atoms with Gasteiger partial charge < -0.3 is 5.11 Å². The number of hydrogen-bond acceptors (Lipinski definition) is 3. The van der Waals surface area contributed by atoms with Crippen molar-refractivity contribution in [3.63, 3.8) is 0 Å². The Morgan fingerprint density at radius 3 is 2.29 bits per heavy atom. The van der Waals surface area contributed by atoms with Crippen LogP contribution in [0.1, 0.15) is 37.7 Å². The average Bonchev–Trinajstić information content (AvgIpc) is 2.81. The number of para-hydroxylation sites is 1. The lowest BCUT2D eigenvalue weighted by molar-refractivity contribution is -0.137. The van der Waals surface area contributed by atoms with Gasteiger partial charge >= 0.3 is 6.18 Å². The van der Waals surface area contributed by atoms with Crippen molar-refractivity contribution in [1.29, 1.82) is 0 Å². The molecule has 0 saturated carbocycles. The third-order valence-corrected chi connectivity index (χ3v) is 3.04. The molecule has 0 radical (unpaired) electrons. The molecule has 0 spiro atoms. The fourth-order valence-corrected chi connectivity index (χ4v) is 2.24. The second-order valence-electron chi connectivity index (χ2n) is 5.72. The smallest absolute Gasteiger partial charge is 0.390 e. The van der Waals surface area contributed by atoms with Crippen LogP contribution in [0.4, 0.5) is 13.2 Å². The summed E-state index contributed by atoms with van der Waals surface area (Å²) in [4.78, 5) is 0. The highest BCUT2D eigenvalue weighted by Gasteiger charge is 2.36. The van der Waals surface area contributed by atoms with Crippen molar-refractivity contribution in [2.45, 2.75) is 39.0 Å². The zero-order valence-corrected chi connectivity index (χ0v) is 11.9. The van der Waals surface area contributed by atoms with Crippen molar-refractivity contribution < 1.29 is 18.3 Å². The zero-order valence-electron chi connectivity index (χ0n) is 11.9. The molecule has 1 aromatic carbocycles. The van der Waals surface area contributed by atoms with Gasteiger partial charge in [0.15, 0.2) is 0 Å². The van der Waals surface area contributed by atoms with Gasteiger partial charge in [-0.1, -0.05) is 38.1 Å². The summed E-state index contributed by atoms with van der Waals surface area (Å²) in [6.07, 6.45) is -4.49. The summed E-state index contributed by atoms with van der Waals surface area (Å²) in [5.41, 5.74) is -0.659. The van der Waals surface area contributed by atoms with Crippen LogP contribution in [0.3, 0.4) is 0 Å². The van der Waals surface area contributed by atoms with E-state index in [4.69, 9.17) is 0 Å². The average molecular weight is 299 g/mol. The van der Waals surface area contributed by atoms with Gasteiger partial charge in [0.1, 0.15) is 5.69 Å². The normalized spacial score (nSPS) is 12.7. The Balaban J connectivity index is 2.73. The van der Waals surface area contributed by atoms with Crippen LogP contribution in [0.2, 0.25) is 0 Å². The van der Waals surface area contributed by atoms with E-state index in [9.17, 15) is 18.3 Å². The number of alkyl halides is 3. The number of rotatable bonds is 2. The molecule has 0 aliphatic rings. The van der Waals surface area contributed by atoms with E-state index in [2.05, 4.69) is 10.3 Å². The summed E-state index contributed by atoms with van der Waals surface area (Å²) in [5.74, 6) is 0. The van der Waals surface area contributed by atoms with Crippen LogP contribution in [0, 0.1) is 0 Å². The predicted molar refractivity (Wildman–Crippen MR) is 71.0 cm³/mol. The molecule has 4 nitrogen and oxygen atoms in total. The highest BCUT2D eigenvalue weighted by Crippen LogP contribution is 2.35. The first kappa shape index (κ1) is 15.5. The first-order chi connectivity index (χ1) is 9.66. The number of nitrogens with zero attached hydrogens (tertiary/aromatic N) is 3. The van der Waals surface area contributed by atoms with Gasteiger partial charge in [-0.25, -0.2) is 4.68 Å². The minimum atomic E-state index is -4.49. The Morgan fingerprint density at radius 2 is 1.76 bits per heavy atom. The van der Waals surface area contributed by atoms with Crippen molar-refractivity contribution in [2.75, 3.05) is 0 Å². The van der Waals surface area contributed by atoms with Gasteiger partial charge in [-0.2, -0.15) is 13.2 Å². The fourth-order valence-electron chi connectivity index (χ4n) is 2.24. The van der Waals surface area contributed by atoms with E-state index in [0.29, 0.717) is 5.69 Å². The van der Waals surface area contributed by atoms with E-state index >= 15 is 0 Å². The topological polar surface area (TPSA) is 50.9 Å². The minimum absolute atomic E-state index is 0.0953. The van der Waals surface area contributed by atoms with Crippen molar-refractivity contribution in [3.05, 3.63) is 41.2 Å². The molecular formula is C14H16F3N3O. The fraction of sp³-hybridized carbons (Fsp3) is 0.429. The molecule has 0 aliphatic heterocycles. The Hall–Kier alpha value is -1.89. The van der Waals surface area contributed by atoms with E-state index < -0.39 is 17.2 Å². The van der Waals surface area contributed by atoms with Gasteiger partial charge in [0.05, 0.1) is 23.6 Å². The summed E-state index contributed by atoms with van der Waals surface area (Å²) < 4.78 is 40.6. The number of aromatic nitrogens is 3. The molecule has 2 rings (SSSR count). The highest BCUT2D eigenvalue weighted by atomic mass is 19.4. The van der Waals surface area contributed by atoms with Gasteiger partial charge in [-0.05, 0) is 12.1 Å². The summed E-state index contributed by atoms with van der Waals surface area (Å²) in [6.45, 7) is 5.12. The molecule has 0 atom stereocenters. The maximum Gasteiger partial charge on any atom is 0.418 e. The molecule has 0 saturated heterocycles. The molecule has 7 heteroatoms. The van der Waals surface area contributed by atoms with E-state index in [-0.39, 0.29) is 18.0 Å². The summed E-state index contributed by atoms with van der Waals surface area (Å²) in [5, 5.41) is 16.9. The van der Waals surface area contributed by atoms with E-state index in [1.807, 2.05) is 20.8 Å². The third-order valence-electron chi connectivity index (χ3n) is 3.04. The maximum absolute atomic E-state index is 13.1. The summed E-state index contributed by atoms with van der Waals surface area (Å²) in [7, 11) is 0. The quantitative estimate of drug-likeness (QED) is 0.927. The molecule has 1 N–H and O–H groups in total. The Bertz CT molecular complexity index is 642. The number of halogens is 3. The maximum atomic E-state index is 13.1. The largest absolute Gasteiger partial charge is 0.418 e. The van der Waals surface area contributed by atoms with Crippen LogP contribution in [0.15, 0.2) is 24.3 Å². The van der Waals surface area contributed by atoms with Gasteiger partial charge in [-0.3, -0.25) is 0 Å². The number of aliphatic hydroxyl groups is 1. The molecule has 0 fully saturated rings. The third kappa shape index (κ3) is 2.92. The van der Waals surface area contributed by atoms with Gasteiger partial charge in [0.25, 0.3) is 0 Å². The monoisotopic (exact) mass is 299 g/mol. The Labute approximate surface area is 120 Å². The predicted octanol–water partition coefficient (Wildman–Crippen LogP) is 3.08. The van der Waals surface area contributed by atoms with Gasteiger partial charge in [-0.15, -0.1) is 5.10 Å². The second-order valence-corrected chi connectivity index (χ2v) is 5.72. The molecule has 114 valence electrons. The van der Waals surface area contributed by atoms with Crippen LogP contribution in [-0.2, 0) is 18.2 Å². The van der Waals surface area contributed by atoms with Crippen molar-refractivity contribution >= 4 is 0 Å². The molecule has 0 aliphatic carbocycles. The first-order valence-corrected chi connectivity index (χ1v) is 6.38. The lowest BCUT2D eigenvalue weighted by Gasteiger charge is -2.22. The molecule has 0 bridgehead atoms. The molecule has 2 aromatic rings. The number of benzene rings is 1. The molecule has 21 heavy (non-hydrogen) atoms. The van der Waals surface area contributed by atoms with Crippen LogP contribution >= 0.6 is 0 Å².